The lowest BCUT2D eigenvalue weighted by atomic mass is 9.39. The van der Waals surface area contributed by atoms with Crippen molar-refractivity contribution in [1.29, 1.82) is 0 Å². The molecule has 0 aromatic heterocycles. The predicted molar refractivity (Wildman–Crippen MR) is 130 cm³/mol. The van der Waals surface area contributed by atoms with E-state index >= 15 is 0 Å². The summed E-state index contributed by atoms with van der Waals surface area (Å²) in [5.74, 6) is -0.559. The van der Waals surface area contributed by atoms with Gasteiger partial charge >= 0.3 is 0 Å². The van der Waals surface area contributed by atoms with Crippen LogP contribution in [0.3, 0.4) is 0 Å². The maximum Gasteiger partial charge on any atom is 0.203 e. The van der Waals surface area contributed by atoms with E-state index in [1.165, 1.54) is 7.11 Å². The number of aliphatic hydroxyl groups excluding tert-OH is 5. The van der Waals surface area contributed by atoms with Crippen LogP contribution in [0.1, 0.15) is 40.0 Å². The molecule has 2 heterocycles. The van der Waals surface area contributed by atoms with Gasteiger partial charge in [0.15, 0.2) is 18.3 Å². The number of allylic oxidation sites excluding steroid dienone is 2. The Morgan fingerprint density at radius 3 is 2.37 bits per heavy atom. The molecule has 0 radical (unpaired) electrons. The van der Waals surface area contributed by atoms with Gasteiger partial charge in [0.1, 0.15) is 24.4 Å². The van der Waals surface area contributed by atoms with Gasteiger partial charge in [-0.25, -0.2) is 0 Å². The number of Topliss-reactive ketones (excluding diaryl/α,β-unsaturated/α-hetero) is 1. The van der Waals surface area contributed by atoms with Crippen molar-refractivity contribution in [1.82, 2.24) is 0 Å². The fourth-order valence-electron chi connectivity index (χ4n) is 8.68. The van der Waals surface area contributed by atoms with Crippen molar-refractivity contribution in [3.63, 3.8) is 0 Å². The standard InChI is InChI=1S/C27H42O11/c1-11-13-9-17(38-25-20(31)19(30)18(29)15(10-28)36-25)37-16-8-12-6-7-14(34-4)24(33)26(12,2)23(27(13,16)3)21(32)22(11)35-5/h7,11-13,15-23,25,28-32H,6,8-10H2,1-5H3/t11-,12-,13+,15-,16-,17+,18-,19+,20-,21-,22+,23-,25+,26+,27-/m1/s1. The second-order valence-corrected chi connectivity index (χ2v) is 12.2. The number of rotatable bonds is 5. The normalized spacial score (nSPS) is 54.5. The fraction of sp³-hybridized carbons (Fsp3) is 0.889. The van der Waals surface area contributed by atoms with E-state index in [9.17, 15) is 30.3 Å². The van der Waals surface area contributed by atoms with E-state index in [4.69, 9.17) is 23.7 Å². The van der Waals surface area contributed by atoms with Crippen LogP contribution >= 0.6 is 0 Å². The number of ether oxygens (including phenoxy) is 5. The smallest absolute Gasteiger partial charge is 0.203 e. The number of carbonyl (C=O) groups is 1. The average molecular weight is 543 g/mol. The van der Waals surface area contributed by atoms with Gasteiger partial charge in [-0.15, -0.1) is 0 Å². The molecular weight excluding hydrogens is 500 g/mol. The first-order valence-corrected chi connectivity index (χ1v) is 13.6. The fourth-order valence-corrected chi connectivity index (χ4v) is 8.68. The monoisotopic (exact) mass is 542 g/mol. The average Bonchev–Trinajstić information content (AvgIpc) is 2.88. The molecular formula is C27H42O11. The van der Waals surface area contributed by atoms with Gasteiger partial charge in [0.05, 0.1) is 32.0 Å². The van der Waals surface area contributed by atoms with Gasteiger partial charge in [-0.3, -0.25) is 4.79 Å². The number of fused-ring (bicyclic) bond motifs is 2. The van der Waals surface area contributed by atoms with Crippen molar-refractivity contribution in [2.45, 2.75) is 95.3 Å². The van der Waals surface area contributed by atoms with Gasteiger partial charge in [0.25, 0.3) is 0 Å². The third-order valence-corrected chi connectivity index (χ3v) is 10.7. The first-order chi connectivity index (χ1) is 17.9. The SMILES string of the molecule is COC1=CC[C@@H]2C[C@H]3O[C@@H](O[C@@H]4O[C@H](CO)[C@@H](O)[C@H](O)[C@H]4O)C[C@H]4[C@@H](C)[C@H](OC)[C@@H](O)[C@H]([C@@]2(C)C1=O)[C@@]34C. The summed E-state index contributed by atoms with van der Waals surface area (Å²) in [5.41, 5.74) is -1.48. The van der Waals surface area contributed by atoms with Crippen molar-refractivity contribution < 1.29 is 54.0 Å². The van der Waals surface area contributed by atoms with Gasteiger partial charge in [0, 0.05) is 30.3 Å². The lowest BCUT2D eigenvalue weighted by molar-refractivity contribution is -0.380. The number of methoxy groups -OCH3 is 2. The lowest BCUT2D eigenvalue weighted by Gasteiger charge is -2.69. The maximum atomic E-state index is 13.8. The Bertz CT molecular complexity index is 940. The highest BCUT2D eigenvalue weighted by atomic mass is 16.8. The lowest BCUT2D eigenvalue weighted by Crippen LogP contribution is -2.73. The molecule has 2 aliphatic heterocycles. The van der Waals surface area contributed by atoms with E-state index in [0.717, 1.165) is 0 Å². The third kappa shape index (κ3) is 3.85. The molecule has 38 heavy (non-hydrogen) atoms. The second kappa shape index (κ2) is 10.0. The minimum Gasteiger partial charge on any atom is -0.493 e. The topological polar surface area (TPSA) is 164 Å². The molecule has 11 heteroatoms. The zero-order chi connectivity index (χ0) is 27.7. The summed E-state index contributed by atoms with van der Waals surface area (Å²) < 4.78 is 29.4. The first-order valence-electron chi connectivity index (χ1n) is 13.6. The van der Waals surface area contributed by atoms with Crippen molar-refractivity contribution in [3.05, 3.63) is 11.8 Å². The van der Waals surface area contributed by atoms with Crippen LogP contribution < -0.4 is 0 Å². The molecule has 0 bridgehead atoms. The Morgan fingerprint density at radius 1 is 1.03 bits per heavy atom. The number of hydrogen-bond donors (Lipinski definition) is 5. The third-order valence-electron chi connectivity index (χ3n) is 10.7. The molecule has 2 saturated carbocycles. The van der Waals surface area contributed by atoms with Crippen molar-refractivity contribution >= 4 is 5.78 Å². The minimum atomic E-state index is -1.56. The number of hydrogen-bond acceptors (Lipinski definition) is 11. The quantitative estimate of drug-likeness (QED) is 0.310. The van der Waals surface area contributed by atoms with Crippen LogP contribution in [-0.2, 0) is 28.5 Å². The minimum absolute atomic E-state index is 0.0861. The number of ketones is 1. The van der Waals surface area contributed by atoms with Gasteiger partial charge in [0.2, 0.25) is 5.78 Å². The van der Waals surface area contributed by atoms with E-state index in [-0.39, 0.29) is 29.6 Å². The molecule has 0 unspecified atom stereocenters. The molecule has 0 spiro atoms. The summed E-state index contributed by atoms with van der Waals surface area (Å²) in [5, 5.41) is 52.2. The molecule has 3 aliphatic carbocycles. The van der Waals surface area contributed by atoms with Gasteiger partial charge < -0.3 is 49.2 Å². The van der Waals surface area contributed by atoms with E-state index < -0.39 is 72.6 Å². The molecule has 5 rings (SSSR count). The summed E-state index contributed by atoms with van der Waals surface area (Å²) >= 11 is 0. The number of carbonyl (C=O) groups excluding carboxylic acids is 1. The van der Waals surface area contributed by atoms with E-state index in [2.05, 4.69) is 6.92 Å². The second-order valence-electron chi connectivity index (χ2n) is 12.2. The maximum absolute atomic E-state index is 13.8. The Kier molecular flexibility index (Phi) is 7.50. The van der Waals surface area contributed by atoms with Crippen molar-refractivity contribution in [3.8, 4) is 0 Å². The highest BCUT2D eigenvalue weighted by Crippen LogP contribution is 2.68. The Labute approximate surface area is 222 Å². The van der Waals surface area contributed by atoms with E-state index in [1.807, 2.05) is 19.9 Å². The Morgan fingerprint density at radius 2 is 1.74 bits per heavy atom. The summed E-state index contributed by atoms with van der Waals surface area (Å²) in [7, 11) is 3.06. The van der Waals surface area contributed by atoms with Crippen LogP contribution in [-0.4, -0.2) is 107 Å². The van der Waals surface area contributed by atoms with Crippen LogP contribution in [0.15, 0.2) is 11.8 Å². The van der Waals surface area contributed by atoms with Crippen LogP contribution in [0.4, 0.5) is 0 Å². The summed E-state index contributed by atoms with van der Waals surface area (Å²) in [6, 6.07) is 0. The molecule has 5 aliphatic rings. The zero-order valence-corrected chi connectivity index (χ0v) is 22.6. The first kappa shape index (κ1) is 28.4. The van der Waals surface area contributed by atoms with Crippen LogP contribution in [0, 0.1) is 34.5 Å². The highest BCUT2D eigenvalue weighted by molar-refractivity contribution is 5.99. The van der Waals surface area contributed by atoms with Gasteiger partial charge in [-0.1, -0.05) is 20.8 Å². The van der Waals surface area contributed by atoms with E-state index in [1.54, 1.807) is 7.11 Å². The molecule has 0 aromatic carbocycles. The molecule has 4 fully saturated rings. The Hall–Kier alpha value is -1.15. The van der Waals surface area contributed by atoms with Crippen molar-refractivity contribution in [2.24, 2.45) is 34.5 Å². The van der Waals surface area contributed by atoms with Gasteiger partial charge in [-0.2, -0.15) is 0 Å². The molecule has 5 N–H and O–H groups in total. The van der Waals surface area contributed by atoms with Crippen LogP contribution in [0.25, 0.3) is 0 Å². The molecule has 2 saturated heterocycles. The van der Waals surface area contributed by atoms with Crippen LogP contribution in [0.5, 0.6) is 0 Å². The molecule has 216 valence electrons. The zero-order valence-electron chi connectivity index (χ0n) is 22.6. The number of aliphatic hydroxyl groups is 5. The summed E-state index contributed by atoms with van der Waals surface area (Å²) in [4.78, 5) is 13.8. The van der Waals surface area contributed by atoms with Crippen molar-refractivity contribution in [2.75, 3.05) is 20.8 Å². The van der Waals surface area contributed by atoms with Crippen LogP contribution in [0.2, 0.25) is 0 Å². The summed E-state index contributed by atoms with van der Waals surface area (Å²) in [6.07, 6.45) is -6.30. The molecule has 0 aromatic rings. The predicted octanol–water partition coefficient (Wildman–Crippen LogP) is -0.288. The molecule has 0 amide bonds. The largest absolute Gasteiger partial charge is 0.493 e. The van der Waals surface area contributed by atoms with E-state index in [0.29, 0.717) is 25.0 Å². The Balaban J connectivity index is 1.49. The highest BCUT2D eigenvalue weighted by Gasteiger charge is 2.72. The van der Waals surface area contributed by atoms with Gasteiger partial charge in [-0.05, 0) is 36.7 Å². The summed E-state index contributed by atoms with van der Waals surface area (Å²) in [6.45, 7) is 5.49. The molecule has 11 nitrogen and oxygen atoms in total. The molecule has 15 atom stereocenters.